The standard InChI is InChI=1S/C7H7BrN4.C5H11N/c8-6-5(4-9)7-10-2-1-3-12(7)11-6;1-2-4-6-5-3-1/h10H,1-3H2;6H,1-5H2. The van der Waals surface area contributed by atoms with Crippen LogP contribution in [0.15, 0.2) is 4.60 Å². The highest BCUT2D eigenvalue weighted by Crippen LogP contribution is 2.25. The average Bonchev–Trinajstić information content (AvgIpc) is 2.76. The SMILES string of the molecule is C1CCNCC1.N#Cc1c(Br)nn2c1NCCC2. The first-order chi connectivity index (χ1) is 8.83. The molecule has 1 aromatic heterocycles. The molecule has 0 amide bonds. The van der Waals surface area contributed by atoms with Crippen molar-refractivity contribution in [1.29, 1.82) is 5.26 Å². The Labute approximate surface area is 116 Å². The predicted molar refractivity (Wildman–Crippen MR) is 74.5 cm³/mol. The van der Waals surface area contributed by atoms with Crippen LogP contribution in [0.4, 0.5) is 5.82 Å². The number of nitrogens with zero attached hydrogens (tertiary/aromatic N) is 3. The van der Waals surface area contributed by atoms with E-state index in [1.165, 1.54) is 32.4 Å². The molecule has 3 heterocycles. The van der Waals surface area contributed by atoms with Gasteiger partial charge in [0.05, 0.1) is 0 Å². The van der Waals surface area contributed by atoms with Gasteiger partial charge in [-0.3, -0.25) is 0 Å². The maximum atomic E-state index is 8.79. The van der Waals surface area contributed by atoms with E-state index in [1.807, 2.05) is 4.68 Å². The van der Waals surface area contributed by atoms with Gasteiger partial charge >= 0.3 is 0 Å². The van der Waals surface area contributed by atoms with Gasteiger partial charge in [0.25, 0.3) is 0 Å². The van der Waals surface area contributed by atoms with Crippen LogP contribution >= 0.6 is 15.9 Å². The van der Waals surface area contributed by atoms with Crippen LogP contribution in [0.5, 0.6) is 0 Å². The number of aromatic nitrogens is 2. The lowest BCUT2D eigenvalue weighted by Crippen LogP contribution is -2.21. The maximum absolute atomic E-state index is 8.79. The molecule has 0 atom stereocenters. The molecule has 2 N–H and O–H groups in total. The summed E-state index contributed by atoms with van der Waals surface area (Å²) in [6.45, 7) is 4.31. The normalized spacial score (nSPS) is 17.8. The molecule has 0 aliphatic carbocycles. The molecule has 1 aromatic rings. The Hall–Kier alpha value is -1.06. The zero-order valence-corrected chi connectivity index (χ0v) is 12.0. The highest BCUT2D eigenvalue weighted by atomic mass is 79.9. The lowest BCUT2D eigenvalue weighted by molar-refractivity contribution is 0.520. The number of fused-ring (bicyclic) bond motifs is 1. The van der Waals surface area contributed by atoms with E-state index in [4.69, 9.17) is 5.26 Å². The molecule has 1 fully saturated rings. The molecule has 2 aliphatic rings. The van der Waals surface area contributed by atoms with E-state index in [-0.39, 0.29) is 0 Å². The predicted octanol–water partition coefficient (Wildman–Crippen LogP) is 2.09. The van der Waals surface area contributed by atoms with Crippen molar-refractivity contribution in [3.05, 3.63) is 10.2 Å². The van der Waals surface area contributed by atoms with Gasteiger partial charge in [-0.25, -0.2) is 4.68 Å². The summed E-state index contributed by atoms with van der Waals surface area (Å²) in [6.07, 6.45) is 5.28. The van der Waals surface area contributed by atoms with Crippen molar-refractivity contribution in [3.63, 3.8) is 0 Å². The molecule has 0 unspecified atom stereocenters. The third kappa shape index (κ3) is 3.24. The molecular formula is C12H18BrN5. The number of nitriles is 1. The smallest absolute Gasteiger partial charge is 0.148 e. The molecule has 18 heavy (non-hydrogen) atoms. The molecule has 1 saturated heterocycles. The lowest BCUT2D eigenvalue weighted by Gasteiger charge is -2.14. The minimum absolute atomic E-state index is 0.606. The van der Waals surface area contributed by atoms with E-state index in [2.05, 4.69) is 37.7 Å². The van der Waals surface area contributed by atoms with Crippen molar-refractivity contribution in [2.45, 2.75) is 32.2 Å². The molecule has 0 aromatic carbocycles. The van der Waals surface area contributed by atoms with Crippen molar-refractivity contribution in [2.24, 2.45) is 0 Å². The van der Waals surface area contributed by atoms with Crippen LogP contribution in [0.25, 0.3) is 0 Å². The summed E-state index contributed by atoms with van der Waals surface area (Å²) >= 11 is 3.24. The molecule has 0 spiro atoms. The summed E-state index contributed by atoms with van der Waals surface area (Å²) in [4.78, 5) is 0. The molecular weight excluding hydrogens is 294 g/mol. The van der Waals surface area contributed by atoms with Crippen LogP contribution in [-0.4, -0.2) is 29.4 Å². The summed E-state index contributed by atoms with van der Waals surface area (Å²) in [5.41, 5.74) is 0.606. The zero-order chi connectivity index (χ0) is 12.8. The second-order valence-electron chi connectivity index (χ2n) is 4.44. The minimum Gasteiger partial charge on any atom is -0.369 e. The molecule has 0 bridgehead atoms. The first-order valence-electron chi connectivity index (χ1n) is 6.44. The molecule has 6 heteroatoms. The van der Waals surface area contributed by atoms with E-state index in [0.29, 0.717) is 10.2 Å². The molecule has 3 rings (SSSR count). The molecule has 0 saturated carbocycles. The fourth-order valence-corrected chi connectivity index (χ4v) is 2.58. The monoisotopic (exact) mass is 311 g/mol. The van der Waals surface area contributed by atoms with Gasteiger partial charge in [0.2, 0.25) is 0 Å². The van der Waals surface area contributed by atoms with E-state index in [1.54, 1.807) is 0 Å². The van der Waals surface area contributed by atoms with Crippen LogP contribution in [0, 0.1) is 11.3 Å². The third-order valence-electron chi connectivity index (χ3n) is 3.07. The number of halogens is 1. The molecule has 0 radical (unpaired) electrons. The van der Waals surface area contributed by atoms with E-state index < -0.39 is 0 Å². The van der Waals surface area contributed by atoms with E-state index >= 15 is 0 Å². The second kappa shape index (κ2) is 6.76. The molecule has 2 aliphatic heterocycles. The quantitative estimate of drug-likeness (QED) is 0.770. The van der Waals surface area contributed by atoms with Crippen molar-refractivity contribution in [3.8, 4) is 6.07 Å². The van der Waals surface area contributed by atoms with Gasteiger partial charge < -0.3 is 10.6 Å². The Morgan fingerprint density at radius 1 is 1.17 bits per heavy atom. The lowest BCUT2D eigenvalue weighted by atomic mass is 10.2. The van der Waals surface area contributed by atoms with Crippen molar-refractivity contribution < 1.29 is 0 Å². The van der Waals surface area contributed by atoms with Gasteiger partial charge in [0.1, 0.15) is 22.1 Å². The van der Waals surface area contributed by atoms with Crippen molar-refractivity contribution in [1.82, 2.24) is 15.1 Å². The maximum Gasteiger partial charge on any atom is 0.148 e. The van der Waals surface area contributed by atoms with Gasteiger partial charge in [0, 0.05) is 13.1 Å². The fraction of sp³-hybridized carbons (Fsp3) is 0.667. The summed E-state index contributed by atoms with van der Waals surface area (Å²) in [7, 11) is 0. The average molecular weight is 312 g/mol. The van der Waals surface area contributed by atoms with Crippen LogP contribution < -0.4 is 10.6 Å². The van der Waals surface area contributed by atoms with Crippen LogP contribution in [0.3, 0.4) is 0 Å². The molecule has 5 nitrogen and oxygen atoms in total. The fourth-order valence-electron chi connectivity index (χ4n) is 2.11. The minimum atomic E-state index is 0.606. The summed E-state index contributed by atoms with van der Waals surface area (Å²) in [5.74, 6) is 0.843. The highest BCUT2D eigenvalue weighted by Gasteiger charge is 2.17. The highest BCUT2D eigenvalue weighted by molar-refractivity contribution is 9.10. The number of piperidine rings is 1. The Balaban J connectivity index is 0.000000169. The Kier molecular flexibility index (Phi) is 5.02. The van der Waals surface area contributed by atoms with E-state index in [0.717, 1.165) is 25.3 Å². The van der Waals surface area contributed by atoms with Crippen molar-refractivity contribution >= 4 is 21.7 Å². The summed E-state index contributed by atoms with van der Waals surface area (Å²) in [6, 6.07) is 2.11. The number of hydrogen-bond acceptors (Lipinski definition) is 4. The largest absolute Gasteiger partial charge is 0.369 e. The summed E-state index contributed by atoms with van der Waals surface area (Å²) < 4.78 is 2.46. The van der Waals surface area contributed by atoms with Gasteiger partial charge in [-0.2, -0.15) is 10.4 Å². The number of anilines is 1. The van der Waals surface area contributed by atoms with Crippen LogP contribution in [-0.2, 0) is 6.54 Å². The zero-order valence-electron chi connectivity index (χ0n) is 10.4. The Morgan fingerprint density at radius 3 is 2.50 bits per heavy atom. The third-order valence-corrected chi connectivity index (χ3v) is 3.62. The number of nitrogens with one attached hydrogen (secondary N) is 2. The number of aryl methyl sites for hydroxylation is 1. The number of rotatable bonds is 0. The topological polar surface area (TPSA) is 65.7 Å². The summed E-state index contributed by atoms with van der Waals surface area (Å²) in [5, 5.41) is 19.4. The van der Waals surface area contributed by atoms with Gasteiger partial charge in [0.15, 0.2) is 0 Å². The van der Waals surface area contributed by atoms with E-state index in [9.17, 15) is 0 Å². The first-order valence-corrected chi connectivity index (χ1v) is 7.23. The van der Waals surface area contributed by atoms with Crippen LogP contribution in [0.1, 0.15) is 31.2 Å². The first kappa shape index (κ1) is 13.4. The van der Waals surface area contributed by atoms with Gasteiger partial charge in [-0.15, -0.1) is 0 Å². The Morgan fingerprint density at radius 2 is 1.94 bits per heavy atom. The van der Waals surface area contributed by atoms with Crippen LogP contribution in [0.2, 0.25) is 0 Å². The van der Waals surface area contributed by atoms with Gasteiger partial charge in [-0.05, 0) is 48.3 Å². The molecule has 98 valence electrons. The Bertz CT molecular complexity index is 419. The van der Waals surface area contributed by atoms with Gasteiger partial charge in [-0.1, -0.05) is 6.42 Å². The number of hydrogen-bond donors (Lipinski definition) is 2. The second-order valence-corrected chi connectivity index (χ2v) is 5.19. The van der Waals surface area contributed by atoms with Crippen molar-refractivity contribution in [2.75, 3.05) is 25.0 Å².